The zero-order chi connectivity index (χ0) is 12.4. The second-order valence-electron chi connectivity index (χ2n) is 3.19. The Morgan fingerprint density at radius 2 is 1.88 bits per heavy atom. The summed E-state index contributed by atoms with van der Waals surface area (Å²) in [5, 5.41) is 25.8. The minimum Gasteiger partial charge on any atom is -0.258 e. The van der Waals surface area contributed by atoms with Crippen molar-refractivity contribution in [3.05, 3.63) is 39.2 Å². The highest BCUT2D eigenvalue weighted by Crippen LogP contribution is 2.28. The molecule has 17 heavy (non-hydrogen) atoms. The van der Waals surface area contributed by atoms with E-state index in [9.17, 15) is 10.1 Å². The van der Waals surface area contributed by atoms with E-state index in [1.54, 1.807) is 6.92 Å². The summed E-state index contributed by atoms with van der Waals surface area (Å²) in [5.74, 6) is 0.669. The van der Waals surface area contributed by atoms with Crippen LogP contribution in [-0.2, 0) is 0 Å². The minimum atomic E-state index is -0.526. The summed E-state index contributed by atoms with van der Waals surface area (Å²) in [6.07, 6.45) is 0. The van der Waals surface area contributed by atoms with Crippen molar-refractivity contribution in [3.8, 4) is 11.4 Å². The van der Waals surface area contributed by atoms with Gasteiger partial charge in [-0.2, -0.15) is 0 Å². The van der Waals surface area contributed by atoms with Crippen molar-refractivity contribution in [2.24, 2.45) is 0 Å². The number of hydrogen-bond acceptors (Lipinski definition) is 6. The van der Waals surface area contributed by atoms with Gasteiger partial charge in [0.15, 0.2) is 5.82 Å². The molecule has 0 aliphatic rings. The second-order valence-corrected chi connectivity index (χ2v) is 3.60. The first-order valence-electron chi connectivity index (χ1n) is 4.56. The third-order valence-corrected chi connectivity index (χ3v) is 2.30. The molecule has 1 aromatic carbocycles. The minimum absolute atomic E-state index is 0.0909. The highest BCUT2D eigenvalue weighted by Gasteiger charge is 2.13. The number of halogens is 1. The molecule has 0 fully saturated rings. The Morgan fingerprint density at radius 3 is 2.41 bits per heavy atom. The Bertz CT molecular complexity index is 572. The number of aromatic nitrogens is 4. The molecule has 86 valence electrons. The van der Waals surface area contributed by atoms with Crippen molar-refractivity contribution >= 4 is 17.3 Å². The fraction of sp³-hybridized carbons (Fsp3) is 0.111. The van der Waals surface area contributed by atoms with Gasteiger partial charge in [-0.1, -0.05) is 11.6 Å². The van der Waals surface area contributed by atoms with Gasteiger partial charge in [0.05, 0.1) is 9.95 Å². The topological polar surface area (TPSA) is 94.7 Å². The van der Waals surface area contributed by atoms with Crippen molar-refractivity contribution in [3.63, 3.8) is 0 Å². The molecule has 0 spiro atoms. The predicted octanol–water partition coefficient (Wildman–Crippen LogP) is 1.80. The standard InChI is InChI=1S/C9H6ClN5O2/c1-5-11-13-9(14-12-5)7-3-2-6(15(16)17)4-8(7)10/h2-4H,1H3. The summed E-state index contributed by atoms with van der Waals surface area (Å²) < 4.78 is 0. The summed E-state index contributed by atoms with van der Waals surface area (Å²) in [5.41, 5.74) is 0.365. The summed E-state index contributed by atoms with van der Waals surface area (Å²) in [6.45, 7) is 1.65. The second kappa shape index (κ2) is 4.38. The number of benzene rings is 1. The van der Waals surface area contributed by atoms with Crippen LogP contribution in [0.15, 0.2) is 18.2 Å². The largest absolute Gasteiger partial charge is 0.270 e. The Morgan fingerprint density at radius 1 is 1.24 bits per heavy atom. The third-order valence-electron chi connectivity index (χ3n) is 1.98. The molecule has 0 aliphatic carbocycles. The number of aryl methyl sites for hydroxylation is 1. The maximum absolute atomic E-state index is 10.5. The third kappa shape index (κ3) is 2.34. The van der Waals surface area contributed by atoms with E-state index in [0.717, 1.165) is 0 Å². The summed E-state index contributed by atoms with van der Waals surface area (Å²) in [7, 11) is 0. The van der Waals surface area contributed by atoms with E-state index >= 15 is 0 Å². The number of nitrogens with zero attached hydrogens (tertiary/aromatic N) is 5. The summed E-state index contributed by atoms with van der Waals surface area (Å²) in [4.78, 5) is 10.0. The molecule has 7 nitrogen and oxygen atoms in total. The van der Waals surface area contributed by atoms with Gasteiger partial charge in [-0.15, -0.1) is 20.4 Å². The molecule has 0 aliphatic heterocycles. The van der Waals surface area contributed by atoms with Gasteiger partial charge in [0.1, 0.15) is 0 Å². The van der Waals surface area contributed by atoms with E-state index < -0.39 is 4.92 Å². The fourth-order valence-electron chi connectivity index (χ4n) is 1.19. The van der Waals surface area contributed by atoms with Crippen LogP contribution in [0.5, 0.6) is 0 Å². The van der Waals surface area contributed by atoms with Gasteiger partial charge in [-0.05, 0) is 13.0 Å². The highest BCUT2D eigenvalue weighted by atomic mass is 35.5. The smallest absolute Gasteiger partial charge is 0.258 e. The highest BCUT2D eigenvalue weighted by molar-refractivity contribution is 6.33. The lowest BCUT2D eigenvalue weighted by Crippen LogP contribution is -1.99. The quantitative estimate of drug-likeness (QED) is 0.597. The van der Waals surface area contributed by atoms with Crippen LogP contribution in [0.25, 0.3) is 11.4 Å². The van der Waals surface area contributed by atoms with Gasteiger partial charge in [0, 0.05) is 17.7 Å². The SMILES string of the molecule is Cc1nnc(-c2ccc([N+](=O)[O-])cc2Cl)nn1. The van der Waals surface area contributed by atoms with Crippen molar-refractivity contribution in [2.75, 3.05) is 0 Å². The molecule has 0 unspecified atom stereocenters. The number of non-ortho nitro benzene ring substituents is 1. The molecule has 0 radical (unpaired) electrons. The molecule has 0 saturated heterocycles. The molecule has 0 atom stereocenters. The number of rotatable bonds is 2. The van der Waals surface area contributed by atoms with Crippen LogP contribution < -0.4 is 0 Å². The first kappa shape index (κ1) is 11.3. The van der Waals surface area contributed by atoms with Gasteiger partial charge >= 0.3 is 0 Å². The lowest BCUT2D eigenvalue weighted by Gasteiger charge is -2.01. The molecule has 8 heteroatoms. The molecule has 0 N–H and O–H groups in total. The van der Waals surface area contributed by atoms with E-state index in [2.05, 4.69) is 20.4 Å². The summed E-state index contributed by atoms with van der Waals surface area (Å²) in [6, 6.07) is 4.03. The van der Waals surface area contributed by atoms with Crippen molar-refractivity contribution < 1.29 is 4.92 Å². The maximum Gasteiger partial charge on any atom is 0.270 e. The van der Waals surface area contributed by atoms with Crippen LogP contribution in [-0.4, -0.2) is 25.3 Å². The molecule has 2 aromatic rings. The van der Waals surface area contributed by atoms with E-state index in [-0.39, 0.29) is 16.5 Å². The van der Waals surface area contributed by atoms with E-state index in [0.29, 0.717) is 11.4 Å². The first-order valence-corrected chi connectivity index (χ1v) is 4.94. The normalized spacial score (nSPS) is 10.2. The van der Waals surface area contributed by atoms with Gasteiger partial charge in [0.2, 0.25) is 5.82 Å². The van der Waals surface area contributed by atoms with Crippen LogP contribution in [0, 0.1) is 17.0 Å². The molecular weight excluding hydrogens is 246 g/mol. The lowest BCUT2D eigenvalue weighted by molar-refractivity contribution is -0.384. The average molecular weight is 252 g/mol. The average Bonchev–Trinajstić information content (AvgIpc) is 2.30. The summed E-state index contributed by atoms with van der Waals surface area (Å²) >= 11 is 5.91. The molecular formula is C9H6ClN5O2. The van der Waals surface area contributed by atoms with E-state index in [1.807, 2.05) is 0 Å². The van der Waals surface area contributed by atoms with Crippen LogP contribution >= 0.6 is 11.6 Å². The molecule has 1 heterocycles. The van der Waals surface area contributed by atoms with Gasteiger partial charge in [0.25, 0.3) is 5.69 Å². The Labute approximate surface area is 101 Å². The zero-order valence-electron chi connectivity index (χ0n) is 8.66. The van der Waals surface area contributed by atoms with Crippen LogP contribution in [0.1, 0.15) is 5.82 Å². The Kier molecular flexibility index (Phi) is 2.92. The van der Waals surface area contributed by atoms with Gasteiger partial charge in [-0.25, -0.2) is 0 Å². The number of hydrogen-bond donors (Lipinski definition) is 0. The maximum atomic E-state index is 10.5. The number of nitro benzene ring substituents is 1. The van der Waals surface area contributed by atoms with Gasteiger partial charge in [-0.3, -0.25) is 10.1 Å². The van der Waals surface area contributed by atoms with Crippen molar-refractivity contribution in [2.45, 2.75) is 6.92 Å². The van der Waals surface area contributed by atoms with Crippen LogP contribution in [0.3, 0.4) is 0 Å². The fourth-order valence-corrected chi connectivity index (χ4v) is 1.45. The van der Waals surface area contributed by atoms with Crippen LogP contribution in [0.2, 0.25) is 5.02 Å². The molecule has 1 aromatic heterocycles. The monoisotopic (exact) mass is 251 g/mol. The number of nitro groups is 1. The van der Waals surface area contributed by atoms with E-state index in [1.165, 1.54) is 18.2 Å². The van der Waals surface area contributed by atoms with Crippen molar-refractivity contribution in [1.82, 2.24) is 20.4 Å². The van der Waals surface area contributed by atoms with Gasteiger partial charge < -0.3 is 0 Å². The molecule has 2 rings (SSSR count). The van der Waals surface area contributed by atoms with Crippen molar-refractivity contribution in [1.29, 1.82) is 0 Å². The Hall–Kier alpha value is -2.15. The van der Waals surface area contributed by atoms with Crippen LogP contribution in [0.4, 0.5) is 5.69 Å². The lowest BCUT2D eigenvalue weighted by atomic mass is 10.2. The first-order chi connectivity index (χ1) is 8.08. The molecule has 0 bridgehead atoms. The molecule has 0 saturated carbocycles. The molecule has 0 amide bonds. The Balaban J connectivity index is 2.46. The van der Waals surface area contributed by atoms with E-state index in [4.69, 9.17) is 11.6 Å². The zero-order valence-corrected chi connectivity index (χ0v) is 9.42. The predicted molar refractivity (Wildman–Crippen MR) is 59.5 cm³/mol.